The lowest BCUT2D eigenvalue weighted by atomic mass is 10.2. The van der Waals surface area contributed by atoms with Gasteiger partial charge in [-0.1, -0.05) is 12.1 Å². The monoisotopic (exact) mass is 373 g/mol. The Hall–Kier alpha value is -2.90. The number of hydrogen-bond donors (Lipinski definition) is 1. The van der Waals surface area contributed by atoms with E-state index >= 15 is 0 Å². The highest BCUT2D eigenvalue weighted by molar-refractivity contribution is 5.79. The first-order valence-corrected chi connectivity index (χ1v) is 9.15. The molecule has 1 aliphatic carbocycles. The fourth-order valence-corrected chi connectivity index (χ4v) is 2.97. The van der Waals surface area contributed by atoms with Crippen LogP contribution in [-0.4, -0.2) is 46.0 Å². The number of hydrogen-bond acceptors (Lipinski definition) is 5. The van der Waals surface area contributed by atoms with Gasteiger partial charge in [0.15, 0.2) is 0 Å². The van der Waals surface area contributed by atoms with Gasteiger partial charge in [0.25, 0.3) is 5.56 Å². The van der Waals surface area contributed by atoms with Crippen LogP contribution in [0.25, 0.3) is 10.9 Å². The molecule has 0 spiro atoms. The van der Waals surface area contributed by atoms with Crippen LogP contribution in [-0.2, 0) is 20.9 Å². The Labute approximate surface area is 155 Å². The van der Waals surface area contributed by atoms with Crippen LogP contribution in [0.1, 0.15) is 26.2 Å². The summed E-state index contributed by atoms with van der Waals surface area (Å²) >= 11 is 0. The van der Waals surface area contributed by atoms with E-state index in [0.29, 0.717) is 23.4 Å². The van der Waals surface area contributed by atoms with E-state index in [1.165, 1.54) is 0 Å². The van der Waals surface area contributed by atoms with Gasteiger partial charge < -0.3 is 14.6 Å². The maximum atomic E-state index is 12.7. The third kappa shape index (κ3) is 4.64. The molecule has 1 heterocycles. The van der Waals surface area contributed by atoms with Gasteiger partial charge >= 0.3 is 11.7 Å². The lowest BCUT2D eigenvalue weighted by Gasteiger charge is -2.22. The molecule has 1 aromatic heterocycles. The van der Waals surface area contributed by atoms with Crippen LogP contribution < -0.4 is 11.2 Å². The molecule has 8 heteroatoms. The van der Waals surface area contributed by atoms with E-state index in [1.807, 2.05) is 0 Å². The number of benzene rings is 1. The molecule has 144 valence electrons. The molecule has 1 aliphatic rings. The van der Waals surface area contributed by atoms with E-state index in [9.17, 15) is 19.2 Å². The van der Waals surface area contributed by atoms with Gasteiger partial charge in [-0.15, -0.1) is 0 Å². The van der Waals surface area contributed by atoms with Crippen molar-refractivity contribution in [2.75, 3.05) is 19.7 Å². The van der Waals surface area contributed by atoms with Crippen molar-refractivity contribution in [2.45, 2.75) is 32.7 Å². The molecule has 1 fully saturated rings. The molecule has 1 aromatic carbocycles. The Bertz CT molecular complexity index is 958. The zero-order chi connectivity index (χ0) is 19.4. The number of carbonyl (C=O) groups excluding carboxylic acids is 2. The zero-order valence-corrected chi connectivity index (χ0v) is 15.3. The minimum absolute atomic E-state index is 0.0925. The Balaban J connectivity index is 1.78. The molecule has 0 aliphatic heterocycles. The highest BCUT2D eigenvalue weighted by Gasteiger charge is 2.27. The third-order valence-electron chi connectivity index (χ3n) is 4.60. The summed E-state index contributed by atoms with van der Waals surface area (Å²) in [6.07, 6.45) is 2.18. The van der Waals surface area contributed by atoms with Crippen molar-refractivity contribution in [3.05, 3.63) is 45.1 Å². The van der Waals surface area contributed by atoms with Gasteiger partial charge in [0.05, 0.1) is 23.9 Å². The molecule has 8 nitrogen and oxygen atoms in total. The van der Waals surface area contributed by atoms with Gasteiger partial charge in [-0.05, 0) is 37.8 Å². The number of nitrogens with zero attached hydrogens (tertiary/aromatic N) is 2. The van der Waals surface area contributed by atoms with Gasteiger partial charge in [0.2, 0.25) is 5.91 Å². The van der Waals surface area contributed by atoms with Crippen molar-refractivity contribution in [3.8, 4) is 0 Å². The number of ether oxygens (including phenoxy) is 1. The van der Waals surface area contributed by atoms with E-state index in [0.717, 1.165) is 17.4 Å². The number of H-pyrrole nitrogens is 1. The fraction of sp³-hybridized carbons (Fsp3) is 0.474. The van der Waals surface area contributed by atoms with E-state index in [4.69, 9.17) is 4.74 Å². The smallest absolute Gasteiger partial charge is 0.329 e. The largest absolute Gasteiger partial charge is 0.466 e. The molecule has 0 radical (unpaired) electrons. The Morgan fingerprint density at radius 2 is 2.00 bits per heavy atom. The third-order valence-corrected chi connectivity index (χ3v) is 4.60. The first-order chi connectivity index (χ1) is 13.0. The number of para-hydroxylation sites is 1. The molecule has 0 atom stereocenters. The van der Waals surface area contributed by atoms with E-state index in [1.54, 1.807) is 36.1 Å². The number of rotatable bonds is 8. The SMILES string of the molecule is CCOC(=O)CCN(CC1CC1)C(=O)Cn1c(=O)[nH]c2ccccc2c1=O. The second-order valence-corrected chi connectivity index (χ2v) is 6.71. The van der Waals surface area contributed by atoms with Crippen LogP contribution in [0.4, 0.5) is 0 Å². The number of amides is 1. The number of aromatic amines is 1. The summed E-state index contributed by atoms with van der Waals surface area (Å²) in [6.45, 7) is 2.40. The Kier molecular flexibility index (Phi) is 5.73. The van der Waals surface area contributed by atoms with Gasteiger partial charge in [-0.3, -0.25) is 19.0 Å². The molecule has 1 N–H and O–H groups in total. The van der Waals surface area contributed by atoms with Crippen molar-refractivity contribution < 1.29 is 14.3 Å². The number of aromatic nitrogens is 2. The van der Waals surface area contributed by atoms with Crippen molar-refractivity contribution in [2.24, 2.45) is 5.92 Å². The van der Waals surface area contributed by atoms with Crippen molar-refractivity contribution >= 4 is 22.8 Å². The van der Waals surface area contributed by atoms with Gasteiger partial charge in [0.1, 0.15) is 6.54 Å². The van der Waals surface area contributed by atoms with Crippen LogP contribution >= 0.6 is 0 Å². The molecule has 2 aromatic rings. The standard InChI is InChI=1S/C19H23N3O5/c1-2-27-17(24)9-10-21(11-13-7-8-13)16(23)12-22-18(25)14-5-3-4-6-15(14)20-19(22)26/h3-6,13H,2,7-12H2,1H3,(H,20,26). The zero-order valence-electron chi connectivity index (χ0n) is 15.3. The summed E-state index contributed by atoms with van der Waals surface area (Å²) in [5.74, 6) is -0.302. The van der Waals surface area contributed by atoms with E-state index in [-0.39, 0.29) is 38.0 Å². The summed E-state index contributed by atoms with van der Waals surface area (Å²) in [5.41, 5.74) is -0.684. The normalized spacial score (nSPS) is 13.5. The molecule has 0 unspecified atom stereocenters. The molecular formula is C19H23N3O5. The second-order valence-electron chi connectivity index (χ2n) is 6.71. The summed E-state index contributed by atoms with van der Waals surface area (Å²) < 4.78 is 5.82. The van der Waals surface area contributed by atoms with Gasteiger partial charge in [-0.2, -0.15) is 0 Å². The van der Waals surface area contributed by atoms with Crippen molar-refractivity contribution in [3.63, 3.8) is 0 Å². The second kappa shape index (κ2) is 8.20. The quantitative estimate of drug-likeness (QED) is 0.692. The molecule has 0 saturated heterocycles. The van der Waals surface area contributed by atoms with Gasteiger partial charge in [0, 0.05) is 13.1 Å². The highest BCUT2D eigenvalue weighted by Crippen LogP contribution is 2.29. The number of esters is 1. The molecule has 1 amide bonds. The number of carbonyl (C=O) groups is 2. The first kappa shape index (κ1) is 18.9. The number of nitrogens with one attached hydrogen (secondary N) is 1. The maximum absolute atomic E-state index is 12.7. The number of fused-ring (bicyclic) bond motifs is 1. The predicted molar refractivity (Wildman–Crippen MR) is 99.4 cm³/mol. The lowest BCUT2D eigenvalue weighted by Crippen LogP contribution is -2.43. The van der Waals surface area contributed by atoms with Gasteiger partial charge in [-0.25, -0.2) is 4.79 Å². The van der Waals surface area contributed by atoms with Crippen molar-refractivity contribution in [1.29, 1.82) is 0 Å². The van der Waals surface area contributed by atoms with Crippen molar-refractivity contribution in [1.82, 2.24) is 14.5 Å². The molecule has 1 saturated carbocycles. The van der Waals surface area contributed by atoms with Crippen LogP contribution in [0.5, 0.6) is 0 Å². The Morgan fingerprint density at radius 1 is 1.26 bits per heavy atom. The topological polar surface area (TPSA) is 101 Å². The molecule has 0 bridgehead atoms. The van der Waals surface area contributed by atoms with Crippen LogP contribution in [0.2, 0.25) is 0 Å². The van der Waals surface area contributed by atoms with Crippen LogP contribution in [0, 0.1) is 5.92 Å². The van der Waals surface area contributed by atoms with E-state index in [2.05, 4.69) is 4.98 Å². The minimum Gasteiger partial charge on any atom is -0.466 e. The predicted octanol–water partition coefficient (Wildman–Crippen LogP) is 0.882. The average Bonchev–Trinajstić information content (AvgIpc) is 3.46. The Morgan fingerprint density at radius 3 is 2.70 bits per heavy atom. The minimum atomic E-state index is -0.621. The molecule has 27 heavy (non-hydrogen) atoms. The highest BCUT2D eigenvalue weighted by atomic mass is 16.5. The maximum Gasteiger partial charge on any atom is 0.329 e. The summed E-state index contributed by atoms with van der Waals surface area (Å²) in [5, 5.41) is 0.352. The summed E-state index contributed by atoms with van der Waals surface area (Å²) in [4.78, 5) is 53.4. The van der Waals surface area contributed by atoms with E-state index < -0.39 is 11.2 Å². The van der Waals surface area contributed by atoms with Crippen LogP contribution in [0.15, 0.2) is 33.9 Å². The molecule has 3 rings (SSSR count). The molecular weight excluding hydrogens is 350 g/mol. The first-order valence-electron chi connectivity index (χ1n) is 9.15. The summed E-state index contributed by atoms with van der Waals surface area (Å²) in [6, 6.07) is 6.67. The van der Waals surface area contributed by atoms with Crippen LogP contribution in [0.3, 0.4) is 0 Å². The summed E-state index contributed by atoms with van der Waals surface area (Å²) in [7, 11) is 0. The fourth-order valence-electron chi connectivity index (χ4n) is 2.97. The average molecular weight is 373 g/mol. The lowest BCUT2D eigenvalue weighted by molar-refractivity contribution is -0.144.